The Morgan fingerprint density at radius 1 is 1.86 bits per heavy atom. The second-order valence-electron chi connectivity index (χ2n) is 3.30. The van der Waals surface area contributed by atoms with Crippen LogP contribution in [0, 0.1) is 0 Å². The van der Waals surface area contributed by atoms with Crippen LogP contribution in [-0.4, -0.2) is 29.9 Å². The molecule has 1 fully saturated rings. The molecule has 0 spiro atoms. The van der Waals surface area contributed by atoms with Gasteiger partial charge in [0, 0.05) is 6.42 Å². The van der Waals surface area contributed by atoms with Gasteiger partial charge >= 0.3 is 5.97 Å². The number of esters is 1. The number of ether oxygens (including phenoxy) is 2. The molecule has 0 radical (unpaired) electrons. The van der Waals surface area contributed by atoms with E-state index in [1.165, 1.54) is 6.08 Å². The molecule has 1 aliphatic rings. The molecule has 1 heterocycles. The normalized spacial score (nSPS) is 25.9. The number of hydrogen-bond donors (Lipinski definition) is 1. The van der Waals surface area contributed by atoms with Crippen LogP contribution in [0.25, 0.3) is 0 Å². The van der Waals surface area contributed by atoms with Crippen molar-refractivity contribution in [1.29, 1.82) is 0 Å². The zero-order chi connectivity index (χ0) is 10.6. The van der Waals surface area contributed by atoms with Crippen molar-refractivity contribution >= 4 is 5.97 Å². The van der Waals surface area contributed by atoms with E-state index in [2.05, 4.69) is 0 Å². The summed E-state index contributed by atoms with van der Waals surface area (Å²) in [5.74, 6) is 0.225. The zero-order valence-corrected chi connectivity index (χ0v) is 8.53. The summed E-state index contributed by atoms with van der Waals surface area (Å²) in [6, 6.07) is 0. The van der Waals surface area contributed by atoms with E-state index >= 15 is 0 Å². The van der Waals surface area contributed by atoms with Crippen molar-refractivity contribution in [3.05, 3.63) is 11.8 Å². The summed E-state index contributed by atoms with van der Waals surface area (Å²) in [6.45, 7) is 3.80. The van der Waals surface area contributed by atoms with Crippen molar-refractivity contribution in [3.8, 4) is 0 Å². The first kappa shape index (κ1) is 11.0. The quantitative estimate of drug-likeness (QED) is 0.545. The van der Waals surface area contributed by atoms with Crippen molar-refractivity contribution < 1.29 is 19.4 Å². The van der Waals surface area contributed by atoms with Gasteiger partial charge < -0.3 is 14.6 Å². The number of carbonyl (C=O) groups excluding carboxylic acids is 1. The molecule has 14 heavy (non-hydrogen) atoms. The van der Waals surface area contributed by atoms with Gasteiger partial charge in [-0.15, -0.1) is 0 Å². The lowest BCUT2D eigenvalue weighted by atomic mass is 10.1. The van der Waals surface area contributed by atoms with E-state index in [0.29, 0.717) is 18.8 Å². The minimum Gasteiger partial charge on any atom is -0.492 e. The van der Waals surface area contributed by atoms with Crippen LogP contribution in [0.1, 0.15) is 26.7 Å². The molecule has 0 aliphatic carbocycles. The minimum absolute atomic E-state index is 0.185. The molecule has 1 N–H and O–H groups in total. The van der Waals surface area contributed by atoms with Gasteiger partial charge in [0.15, 0.2) is 0 Å². The maximum atomic E-state index is 11.0. The highest BCUT2D eigenvalue weighted by Crippen LogP contribution is 2.24. The lowest BCUT2D eigenvalue weighted by Gasteiger charge is -2.12. The van der Waals surface area contributed by atoms with Gasteiger partial charge in [0.1, 0.15) is 11.9 Å². The van der Waals surface area contributed by atoms with Gasteiger partial charge in [0.2, 0.25) is 0 Å². The summed E-state index contributed by atoms with van der Waals surface area (Å²) in [6.07, 6.45) is 2.11. The first-order valence-corrected chi connectivity index (χ1v) is 4.85. The van der Waals surface area contributed by atoms with Gasteiger partial charge in [0.25, 0.3) is 0 Å². The summed E-state index contributed by atoms with van der Waals surface area (Å²) in [4.78, 5) is 11.0. The molecule has 0 saturated carbocycles. The van der Waals surface area contributed by atoms with E-state index in [0.717, 1.165) is 6.42 Å². The SMILES string of the molecule is CCOC(=O)/C=C1/CC[C@@H]([C@H](C)O)O1. The molecule has 4 heteroatoms. The van der Waals surface area contributed by atoms with Crippen LogP contribution in [0.3, 0.4) is 0 Å². The Kier molecular flexibility index (Phi) is 3.95. The Morgan fingerprint density at radius 2 is 2.57 bits per heavy atom. The van der Waals surface area contributed by atoms with Crippen molar-refractivity contribution in [2.75, 3.05) is 6.61 Å². The number of aliphatic hydroxyl groups excluding tert-OH is 1. The highest BCUT2D eigenvalue weighted by Gasteiger charge is 2.25. The van der Waals surface area contributed by atoms with Crippen molar-refractivity contribution in [2.24, 2.45) is 0 Å². The van der Waals surface area contributed by atoms with Gasteiger partial charge in [-0.2, -0.15) is 0 Å². The van der Waals surface area contributed by atoms with E-state index in [4.69, 9.17) is 9.47 Å². The summed E-state index contributed by atoms with van der Waals surface area (Å²) in [5, 5.41) is 9.24. The first-order valence-electron chi connectivity index (χ1n) is 4.85. The largest absolute Gasteiger partial charge is 0.492 e. The second kappa shape index (κ2) is 5.00. The molecule has 0 bridgehead atoms. The van der Waals surface area contributed by atoms with Crippen LogP contribution in [0.5, 0.6) is 0 Å². The van der Waals surface area contributed by atoms with E-state index < -0.39 is 6.10 Å². The number of rotatable bonds is 3. The molecule has 2 atom stereocenters. The highest BCUT2D eigenvalue weighted by atomic mass is 16.5. The number of hydrogen-bond acceptors (Lipinski definition) is 4. The molecule has 80 valence electrons. The summed E-state index contributed by atoms with van der Waals surface area (Å²) in [5.41, 5.74) is 0. The average molecular weight is 200 g/mol. The third-order valence-electron chi connectivity index (χ3n) is 2.08. The molecule has 0 aromatic rings. The Labute approximate surface area is 83.5 Å². The second-order valence-corrected chi connectivity index (χ2v) is 3.30. The lowest BCUT2D eigenvalue weighted by Crippen LogP contribution is -2.20. The van der Waals surface area contributed by atoms with Crippen LogP contribution < -0.4 is 0 Å². The zero-order valence-electron chi connectivity index (χ0n) is 8.53. The third-order valence-corrected chi connectivity index (χ3v) is 2.08. The highest BCUT2D eigenvalue weighted by molar-refractivity contribution is 5.82. The van der Waals surface area contributed by atoms with E-state index in [1.54, 1.807) is 13.8 Å². The van der Waals surface area contributed by atoms with Gasteiger partial charge in [-0.1, -0.05) is 0 Å². The van der Waals surface area contributed by atoms with Crippen molar-refractivity contribution in [3.63, 3.8) is 0 Å². The number of aliphatic hydroxyl groups is 1. The standard InChI is InChI=1S/C10H16O4/c1-3-13-10(12)6-8-4-5-9(14-8)7(2)11/h6-7,9,11H,3-5H2,1-2H3/b8-6-/t7-,9-/m0/s1. The fourth-order valence-electron chi connectivity index (χ4n) is 1.36. The fraction of sp³-hybridized carbons (Fsp3) is 0.700. The van der Waals surface area contributed by atoms with Gasteiger partial charge in [-0.3, -0.25) is 0 Å². The third kappa shape index (κ3) is 3.03. The van der Waals surface area contributed by atoms with Gasteiger partial charge in [-0.25, -0.2) is 4.79 Å². The maximum absolute atomic E-state index is 11.0. The lowest BCUT2D eigenvalue weighted by molar-refractivity contribution is -0.137. The maximum Gasteiger partial charge on any atom is 0.334 e. The Balaban J connectivity index is 2.44. The molecule has 0 amide bonds. The topological polar surface area (TPSA) is 55.8 Å². The number of carbonyl (C=O) groups is 1. The predicted molar refractivity (Wildman–Crippen MR) is 50.5 cm³/mol. The Hall–Kier alpha value is -1.03. The van der Waals surface area contributed by atoms with E-state index in [1.807, 2.05) is 0 Å². The van der Waals surface area contributed by atoms with Crippen LogP contribution in [0.15, 0.2) is 11.8 Å². The van der Waals surface area contributed by atoms with Gasteiger partial charge in [0.05, 0.1) is 18.8 Å². The number of allylic oxidation sites excluding steroid dienone is 1. The Bertz CT molecular complexity index is 232. The van der Waals surface area contributed by atoms with Crippen LogP contribution in [-0.2, 0) is 14.3 Å². The molecule has 1 saturated heterocycles. The molecule has 0 aromatic carbocycles. The van der Waals surface area contributed by atoms with Crippen LogP contribution in [0.2, 0.25) is 0 Å². The molecule has 0 unspecified atom stereocenters. The van der Waals surface area contributed by atoms with E-state index in [-0.39, 0.29) is 12.1 Å². The minimum atomic E-state index is -0.497. The summed E-state index contributed by atoms with van der Waals surface area (Å²) < 4.78 is 10.1. The molecule has 1 rings (SSSR count). The van der Waals surface area contributed by atoms with Gasteiger partial charge in [-0.05, 0) is 20.3 Å². The molecular weight excluding hydrogens is 184 g/mol. The summed E-state index contributed by atoms with van der Waals surface area (Å²) in [7, 11) is 0. The van der Waals surface area contributed by atoms with Crippen LogP contribution in [0.4, 0.5) is 0 Å². The van der Waals surface area contributed by atoms with Crippen molar-refractivity contribution in [2.45, 2.75) is 38.9 Å². The Morgan fingerprint density at radius 3 is 3.07 bits per heavy atom. The smallest absolute Gasteiger partial charge is 0.334 e. The predicted octanol–water partition coefficient (Wildman–Crippen LogP) is 0.993. The fourth-order valence-corrected chi connectivity index (χ4v) is 1.36. The van der Waals surface area contributed by atoms with Crippen molar-refractivity contribution in [1.82, 2.24) is 0 Å². The first-order chi connectivity index (χ1) is 6.63. The molecule has 4 nitrogen and oxygen atoms in total. The molecular formula is C10H16O4. The molecule has 0 aromatic heterocycles. The molecule has 1 aliphatic heterocycles. The average Bonchev–Trinajstić information content (AvgIpc) is 2.53. The monoisotopic (exact) mass is 200 g/mol. The summed E-state index contributed by atoms with van der Waals surface area (Å²) >= 11 is 0. The van der Waals surface area contributed by atoms with Crippen LogP contribution >= 0.6 is 0 Å². The van der Waals surface area contributed by atoms with E-state index in [9.17, 15) is 9.90 Å².